The second-order valence-electron chi connectivity index (χ2n) is 5.24. The molecular formula is C18H21NS. The first-order chi connectivity index (χ1) is 9.93. The summed E-state index contributed by atoms with van der Waals surface area (Å²) in [5.74, 6) is 1.10. The summed E-state index contributed by atoms with van der Waals surface area (Å²) < 4.78 is 0. The van der Waals surface area contributed by atoms with Gasteiger partial charge in [0, 0.05) is 22.9 Å². The SMILES string of the molecule is c1ccc(SCCNc2cccc3c2CCCC3)cc1. The molecule has 1 aliphatic carbocycles. The van der Waals surface area contributed by atoms with Crippen molar-refractivity contribution >= 4 is 17.4 Å². The number of thioether (sulfide) groups is 1. The molecule has 20 heavy (non-hydrogen) atoms. The molecule has 0 saturated heterocycles. The van der Waals surface area contributed by atoms with Gasteiger partial charge in [-0.2, -0.15) is 0 Å². The lowest BCUT2D eigenvalue weighted by atomic mass is 9.90. The van der Waals surface area contributed by atoms with Crippen LogP contribution in [0.5, 0.6) is 0 Å². The van der Waals surface area contributed by atoms with E-state index >= 15 is 0 Å². The van der Waals surface area contributed by atoms with Crippen molar-refractivity contribution in [2.45, 2.75) is 30.6 Å². The van der Waals surface area contributed by atoms with Crippen LogP contribution in [0.2, 0.25) is 0 Å². The molecule has 0 saturated carbocycles. The summed E-state index contributed by atoms with van der Waals surface area (Å²) >= 11 is 1.91. The predicted octanol–water partition coefficient (Wildman–Crippen LogP) is 4.77. The summed E-state index contributed by atoms with van der Waals surface area (Å²) in [6.45, 7) is 1.02. The fourth-order valence-corrected chi connectivity index (χ4v) is 3.61. The number of nitrogens with one attached hydrogen (secondary N) is 1. The minimum absolute atomic E-state index is 1.02. The van der Waals surface area contributed by atoms with Crippen LogP contribution in [0.4, 0.5) is 5.69 Å². The van der Waals surface area contributed by atoms with Crippen molar-refractivity contribution in [1.82, 2.24) is 0 Å². The number of anilines is 1. The average Bonchev–Trinajstić information content (AvgIpc) is 2.53. The summed E-state index contributed by atoms with van der Waals surface area (Å²) in [5, 5.41) is 3.62. The van der Waals surface area contributed by atoms with E-state index in [9.17, 15) is 0 Å². The van der Waals surface area contributed by atoms with E-state index in [0.717, 1.165) is 12.3 Å². The van der Waals surface area contributed by atoms with Gasteiger partial charge in [-0.05, 0) is 55.0 Å². The molecule has 2 aromatic carbocycles. The van der Waals surface area contributed by atoms with E-state index in [4.69, 9.17) is 0 Å². The minimum Gasteiger partial charge on any atom is -0.384 e. The van der Waals surface area contributed by atoms with Gasteiger partial charge in [-0.1, -0.05) is 30.3 Å². The highest BCUT2D eigenvalue weighted by atomic mass is 32.2. The van der Waals surface area contributed by atoms with Crippen LogP contribution in [0, 0.1) is 0 Å². The van der Waals surface area contributed by atoms with E-state index < -0.39 is 0 Å². The Bertz CT molecular complexity index is 551. The lowest BCUT2D eigenvalue weighted by Crippen LogP contribution is -2.10. The van der Waals surface area contributed by atoms with Gasteiger partial charge >= 0.3 is 0 Å². The second kappa shape index (κ2) is 6.85. The lowest BCUT2D eigenvalue weighted by molar-refractivity contribution is 0.686. The maximum absolute atomic E-state index is 3.62. The number of hydrogen-bond acceptors (Lipinski definition) is 2. The average molecular weight is 283 g/mol. The molecule has 1 nitrogen and oxygen atoms in total. The van der Waals surface area contributed by atoms with Crippen LogP contribution < -0.4 is 5.32 Å². The third kappa shape index (κ3) is 3.37. The zero-order chi connectivity index (χ0) is 13.6. The van der Waals surface area contributed by atoms with Gasteiger partial charge in [-0.25, -0.2) is 0 Å². The highest BCUT2D eigenvalue weighted by Crippen LogP contribution is 2.28. The van der Waals surface area contributed by atoms with E-state index in [1.165, 1.54) is 36.3 Å². The molecule has 2 aromatic rings. The molecule has 3 rings (SSSR count). The molecule has 2 heteroatoms. The van der Waals surface area contributed by atoms with Crippen LogP contribution in [0.1, 0.15) is 24.0 Å². The molecule has 0 amide bonds. The molecule has 0 heterocycles. The number of hydrogen-bond donors (Lipinski definition) is 1. The predicted molar refractivity (Wildman–Crippen MR) is 88.7 cm³/mol. The normalized spacial score (nSPS) is 13.8. The molecule has 1 N–H and O–H groups in total. The van der Waals surface area contributed by atoms with E-state index in [2.05, 4.69) is 53.8 Å². The molecule has 0 aliphatic heterocycles. The van der Waals surface area contributed by atoms with Crippen molar-refractivity contribution < 1.29 is 0 Å². The zero-order valence-corrected chi connectivity index (χ0v) is 12.6. The van der Waals surface area contributed by atoms with Crippen molar-refractivity contribution in [2.24, 2.45) is 0 Å². The number of aryl methyl sites for hydroxylation is 1. The number of benzene rings is 2. The standard InChI is InChI=1S/C18H21NS/c1-2-9-16(10-3-1)20-14-13-19-18-12-6-8-15-7-4-5-11-17(15)18/h1-3,6,8-10,12,19H,4-5,7,11,13-14H2. The summed E-state index contributed by atoms with van der Waals surface area (Å²) in [7, 11) is 0. The fraction of sp³-hybridized carbons (Fsp3) is 0.333. The van der Waals surface area contributed by atoms with Gasteiger partial charge in [-0.3, -0.25) is 0 Å². The van der Waals surface area contributed by atoms with Gasteiger partial charge < -0.3 is 5.32 Å². The van der Waals surface area contributed by atoms with Crippen LogP contribution in [0.25, 0.3) is 0 Å². The van der Waals surface area contributed by atoms with E-state index in [1.54, 1.807) is 11.1 Å². The smallest absolute Gasteiger partial charge is 0.0375 e. The van der Waals surface area contributed by atoms with E-state index in [-0.39, 0.29) is 0 Å². The Balaban J connectivity index is 1.54. The molecule has 0 atom stereocenters. The third-order valence-corrected chi connectivity index (χ3v) is 4.84. The van der Waals surface area contributed by atoms with Gasteiger partial charge in [0.05, 0.1) is 0 Å². The molecule has 1 aliphatic rings. The molecule has 0 spiro atoms. The van der Waals surface area contributed by atoms with Gasteiger partial charge in [0.2, 0.25) is 0 Å². The Morgan fingerprint density at radius 3 is 2.65 bits per heavy atom. The van der Waals surface area contributed by atoms with Crippen molar-refractivity contribution in [1.29, 1.82) is 0 Å². The molecule has 104 valence electrons. The van der Waals surface area contributed by atoms with Gasteiger partial charge in [0.25, 0.3) is 0 Å². The van der Waals surface area contributed by atoms with E-state index in [1.807, 2.05) is 11.8 Å². The van der Waals surface area contributed by atoms with Crippen LogP contribution in [0.3, 0.4) is 0 Å². The maximum Gasteiger partial charge on any atom is 0.0375 e. The largest absolute Gasteiger partial charge is 0.384 e. The first kappa shape index (κ1) is 13.6. The highest BCUT2D eigenvalue weighted by molar-refractivity contribution is 7.99. The first-order valence-electron chi connectivity index (χ1n) is 7.46. The van der Waals surface area contributed by atoms with Crippen LogP contribution in [0.15, 0.2) is 53.4 Å². The van der Waals surface area contributed by atoms with Gasteiger partial charge in [0.1, 0.15) is 0 Å². The first-order valence-corrected chi connectivity index (χ1v) is 8.44. The Kier molecular flexibility index (Phi) is 4.65. The molecule has 0 unspecified atom stereocenters. The van der Waals surface area contributed by atoms with Crippen molar-refractivity contribution in [2.75, 3.05) is 17.6 Å². The molecular weight excluding hydrogens is 262 g/mol. The van der Waals surface area contributed by atoms with Crippen LogP contribution in [-0.4, -0.2) is 12.3 Å². The Morgan fingerprint density at radius 2 is 1.75 bits per heavy atom. The van der Waals surface area contributed by atoms with Crippen molar-refractivity contribution in [3.8, 4) is 0 Å². The quantitative estimate of drug-likeness (QED) is 0.626. The highest BCUT2D eigenvalue weighted by Gasteiger charge is 2.12. The zero-order valence-electron chi connectivity index (χ0n) is 11.8. The molecule has 0 fully saturated rings. The van der Waals surface area contributed by atoms with Crippen LogP contribution in [-0.2, 0) is 12.8 Å². The molecule has 0 bridgehead atoms. The maximum atomic E-state index is 3.62. The summed E-state index contributed by atoms with van der Waals surface area (Å²) in [5.41, 5.74) is 4.47. The summed E-state index contributed by atoms with van der Waals surface area (Å²) in [4.78, 5) is 1.35. The van der Waals surface area contributed by atoms with Crippen molar-refractivity contribution in [3.63, 3.8) is 0 Å². The van der Waals surface area contributed by atoms with Gasteiger partial charge in [-0.15, -0.1) is 11.8 Å². The van der Waals surface area contributed by atoms with Crippen molar-refractivity contribution in [3.05, 3.63) is 59.7 Å². The summed E-state index contributed by atoms with van der Waals surface area (Å²) in [6.07, 6.45) is 5.18. The Hall–Kier alpha value is -1.41. The Labute approximate surface area is 125 Å². The van der Waals surface area contributed by atoms with E-state index in [0.29, 0.717) is 0 Å². The number of rotatable bonds is 5. The summed E-state index contributed by atoms with van der Waals surface area (Å²) in [6, 6.07) is 17.3. The Morgan fingerprint density at radius 1 is 0.900 bits per heavy atom. The lowest BCUT2D eigenvalue weighted by Gasteiger charge is -2.20. The number of fused-ring (bicyclic) bond motifs is 1. The monoisotopic (exact) mass is 283 g/mol. The third-order valence-electron chi connectivity index (χ3n) is 3.83. The topological polar surface area (TPSA) is 12.0 Å². The minimum atomic E-state index is 1.02. The molecule has 0 aromatic heterocycles. The molecule has 0 radical (unpaired) electrons. The second-order valence-corrected chi connectivity index (χ2v) is 6.41. The fourth-order valence-electron chi connectivity index (χ4n) is 2.82. The van der Waals surface area contributed by atoms with Gasteiger partial charge in [0.15, 0.2) is 0 Å². The van der Waals surface area contributed by atoms with Crippen LogP contribution >= 0.6 is 11.8 Å².